The summed E-state index contributed by atoms with van der Waals surface area (Å²) in [5.74, 6) is 1.54. The van der Waals surface area contributed by atoms with Gasteiger partial charge in [-0.15, -0.1) is 5.10 Å². The summed E-state index contributed by atoms with van der Waals surface area (Å²) < 4.78 is 1.92. The van der Waals surface area contributed by atoms with Crippen LogP contribution in [0.1, 0.15) is 51.6 Å². The number of nitrogen functional groups attached to an aromatic ring is 1. The normalized spacial score (nSPS) is 12.8. The minimum absolute atomic E-state index is 0.287. The first kappa shape index (κ1) is 15.5. The number of tetrazole rings is 1. The summed E-state index contributed by atoms with van der Waals surface area (Å²) >= 11 is 0. The van der Waals surface area contributed by atoms with Crippen molar-refractivity contribution in [3.8, 4) is 11.4 Å². The van der Waals surface area contributed by atoms with Crippen LogP contribution in [0.4, 0.5) is 5.69 Å². The van der Waals surface area contributed by atoms with Crippen molar-refractivity contribution >= 4 is 5.69 Å². The second-order valence-electron chi connectivity index (χ2n) is 6.20. The number of hydrogen-bond donors (Lipinski definition) is 1. The van der Waals surface area contributed by atoms with Crippen LogP contribution in [-0.4, -0.2) is 20.2 Å². The van der Waals surface area contributed by atoms with Gasteiger partial charge in [0.25, 0.3) is 0 Å². The van der Waals surface area contributed by atoms with Gasteiger partial charge in [-0.25, -0.2) is 4.68 Å². The van der Waals surface area contributed by atoms with Crippen molar-refractivity contribution in [2.75, 3.05) is 5.73 Å². The minimum atomic E-state index is 0.287. The Hall–Kier alpha value is -1.91. The molecule has 0 amide bonds. The molecule has 0 bridgehead atoms. The van der Waals surface area contributed by atoms with E-state index in [2.05, 4.69) is 43.2 Å². The van der Waals surface area contributed by atoms with E-state index in [9.17, 15) is 0 Å². The molecule has 1 atom stereocenters. The van der Waals surface area contributed by atoms with Crippen LogP contribution < -0.4 is 5.73 Å². The van der Waals surface area contributed by atoms with Gasteiger partial charge in [0.2, 0.25) is 0 Å². The third-order valence-corrected chi connectivity index (χ3v) is 3.82. The SMILES string of the molecule is Cc1ccc(N)cc1-c1nnnn1C(C)CCCC(C)C. The van der Waals surface area contributed by atoms with Gasteiger partial charge in [0.05, 0.1) is 6.04 Å². The van der Waals surface area contributed by atoms with Gasteiger partial charge in [0, 0.05) is 11.3 Å². The molecular weight excluding hydrogens is 262 g/mol. The molecular formula is C16H25N5. The number of aromatic nitrogens is 4. The largest absolute Gasteiger partial charge is 0.399 e. The lowest BCUT2D eigenvalue weighted by Crippen LogP contribution is -2.10. The summed E-state index contributed by atoms with van der Waals surface area (Å²) in [4.78, 5) is 0. The van der Waals surface area contributed by atoms with Gasteiger partial charge in [0.1, 0.15) is 0 Å². The molecule has 5 nitrogen and oxygen atoms in total. The first-order valence-corrected chi connectivity index (χ1v) is 7.63. The Morgan fingerprint density at radius 2 is 1.95 bits per heavy atom. The van der Waals surface area contributed by atoms with Gasteiger partial charge in [-0.05, 0) is 54.3 Å². The third kappa shape index (κ3) is 3.80. The number of anilines is 1. The Morgan fingerprint density at radius 3 is 2.67 bits per heavy atom. The molecule has 0 spiro atoms. The summed E-state index contributed by atoms with van der Waals surface area (Å²) in [6, 6.07) is 6.14. The average Bonchev–Trinajstić information content (AvgIpc) is 2.90. The molecule has 114 valence electrons. The van der Waals surface area contributed by atoms with Gasteiger partial charge in [-0.2, -0.15) is 0 Å². The molecule has 2 rings (SSSR count). The summed E-state index contributed by atoms with van der Waals surface area (Å²) in [6.07, 6.45) is 3.50. The second-order valence-corrected chi connectivity index (χ2v) is 6.20. The lowest BCUT2D eigenvalue weighted by Gasteiger charge is -2.15. The number of nitrogens with zero attached hydrogens (tertiary/aromatic N) is 4. The summed E-state index contributed by atoms with van der Waals surface area (Å²) in [5, 5.41) is 12.2. The lowest BCUT2D eigenvalue weighted by molar-refractivity contribution is 0.414. The summed E-state index contributed by atoms with van der Waals surface area (Å²) in [5.41, 5.74) is 8.77. The van der Waals surface area contributed by atoms with Crippen LogP contribution in [0.2, 0.25) is 0 Å². The molecule has 2 aromatic rings. The monoisotopic (exact) mass is 287 g/mol. The zero-order valence-corrected chi connectivity index (χ0v) is 13.4. The van der Waals surface area contributed by atoms with Gasteiger partial charge >= 0.3 is 0 Å². The molecule has 0 aliphatic rings. The van der Waals surface area contributed by atoms with E-state index < -0.39 is 0 Å². The van der Waals surface area contributed by atoms with Crippen LogP contribution in [0, 0.1) is 12.8 Å². The third-order valence-electron chi connectivity index (χ3n) is 3.82. The molecule has 2 N–H and O–H groups in total. The second kappa shape index (κ2) is 6.70. The standard InChI is InChI=1S/C16H25N5/c1-11(2)6-5-7-13(4)21-16(18-19-20-21)15-10-14(17)9-8-12(15)3/h8-11,13H,5-7,17H2,1-4H3. The Bertz CT molecular complexity index is 588. The molecule has 21 heavy (non-hydrogen) atoms. The highest BCUT2D eigenvalue weighted by Gasteiger charge is 2.16. The van der Waals surface area contributed by atoms with Gasteiger partial charge < -0.3 is 5.73 Å². The Labute approximate surface area is 126 Å². The maximum atomic E-state index is 5.90. The van der Waals surface area contributed by atoms with Gasteiger partial charge in [0.15, 0.2) is 5.82 Å². The molecule has 0 fully saturated rings. The van der Waals surface area contributed by atoms with E-state index in [1.807, 2.05) is 22.9 Å². The van der Waals surface area contributed by atoms with Gasteiger partial charge in [-0.3, -0.25) is 0 Å². The number of aryl methyl sites for hydroxylation is 1. The number of nitrogens with two attached hydrogens (primary N) is 1. The van der Waals surface area contributed by atoms with Crippen molar-refractivity contribution in [3.63, 3.8) is 0 Å². The molecule has 0 radical (unpaired) electrons. The predicted molar refractivity (Wildman–Crippen MR) is 85.8 cm³/mol. The van der Waals surface area contributed by atoms with E-state index in [0.29, 0.717) is 0 Å². The van der Waals surface area contributed by atoms with E-state index >= 15 is 0 Å². The zero-order chi connectivity index (χ0) is 15.4. The first-order valence-electron chi connectivity index (χ1n) is 7.63. The highest BCUT2D eigenvalue weighted by Crippen LogP contribution is 2.26. The molecule has 0 saturated heterocycles. The van der Waals surface area contributed by atoms with Crippen molar-refractivity contribution < 1.29 is 0 Å². The van der Waals surface area contributed by atoms with E-state index in [1.54, 1.807) is 0 Å². The fourth-order valence-corrected chi connectivity index (χ4v) is 2.49. The van der Waals surface area contributed by atoms with Crippen LogP contribution in [-0.2, 0) is 0 Å². The highest BCUT2D eigenvalue weighted by atomic mass is 15.5. The number of benzene rings is 1. The molecule has 1 aromatic carbocycles. The Balaban J connectivity index is 2.20. The van der Waals surface area contributed by atoms with Crippen molar-refractivity contribution in [1.29, 1.82) is 0 Å². The van der Waals surface area contributed by atoms with Crippen LogP contribution >= 0.6 is 0 Å². The van der Waals surface area contributed by atoms with Crippen LogP contribution in [0.15, 0.2) is 18.2 Å². The molecule has 1 aromatic heterocycles. The smallest absolute Gasteiger partial charge is 0.182 e. The van der Waals surface area contributed by atoms with E-state index in [1.165, 1.54) is 12.8 Å². The molecule has 5 heteroatoms. The molecule has 1 heterocycles. The predicted octanol–water partition coefficient (Wildman–Crippen LogP) is 3.62. The first-order chi connectivity index (χ1) is 9.99. The Kier molecular flexibility index (Phi) is 4.94. The summed E-state index contributed by atoms with van der Waals surface area (Å²) in [7, 11) is 0. The molecule has 0 aliphatic carbocycles. The highest BCUT2D eigenvalue weighted by molar-refractivity contribution is 5.65. The zero-order valence-electron chi connectivity index (χ0n) is 13.4. The summed E-state index contributed by atoms with van der Waals surface area (Å²) in [6.45, 7) is 8.73. The fraction of sp³-hybridized carbons (Fsp3) is 0.562. The van der Waals surface area contributed by atoms with Crippen molar-refractivity contribution in [2.24, 2.45) is 5.92 Å². The number of rotatable bonds is 6. The topological polar surface area (TPSA) is 69.6 Å². The maximum Gasteiger partial charge on any atom is 0.182 e. The lowest BCUT2D eigenvalue weighted by atomic mass is 10.0. The van der Waals surface area contributed by atoms with E-state index in [4.69, 9.17) is 5.73 Å². The van der Waals surface area contributed by atoms with Gasteiger partial charge in [-0.1, -0.05) is 32.8 Å². The van der Waals surface area contributed by atoms with Crippen molar-refractivity contribution in [2.45, 2.75) is 53.0 Å². The van der Waals surface area contributed by atoms with E-state index in [0.717, 1.165) is 35.0 Å². The van der Waals surface area contributed by atoms with E-state index in [-0.39, 0.29) is 6.04 Å². The molecule has 0 aliphatic heterocycles. The molecule has 0 saturated carbocycles. The number of hydrogen-bond acceptors (Lipinski definition) is 4. The van der Waals surface area contributed by atoms with Crippen molar-refractivity contribution in [1.82, 2.24) is 20.2 Å². The maximum absolute atomic E-state index is 5.90. The average molecular weight is 287 g/mol. The van der Waals surface area contributed by atoms with Crippen LogP contribution in [0.5, 0.6) is 0 Å². The minimum Gasteiger partial charge on any atom is -0.399 e. The van der Waals surface area contributed by atoms with Crippen LogP contribution in [0.3, 0.4) is 0 Å². The van der Waals surface area contributed by atoms with Crippen LogP contribution in [0.25, 0.3) is 11.4 Å². The molecule has 1 unspecified atom stereocenters. The van der Waals surface area contributed by atoms with Crippen molar-refractivity contribution in [3.05, 3.63) is 23.8 Å². The fourth-order valence-electron chi connectivity index (χ4n) is 2.49. The quantitative estimate of drug-likeness (QED) is 0.824. The Morgan fingerprint density at radius 1 is 1.19 bits per heavy atom.